The summed E-state index contributed by atoms with van der Waals surface area (Å²) >= 11 is 0. The number of hydrogen-bond donors (Lipinski definition) is 2. The Morgan fingerprint density at radius 3 is 2.76 bits per heavy atom. The Kier molecular flexibility index (Phi) is 6.43. The highest BCUT2D eigenvalue weighted by atomic mass is 16.1. The molecule has 3 N–H and O–H groups in total. The van der Waals surface area contributed by atoms with Gasteiger partial charge in [-0.05, 0) is 37.3 Å². The van der Waals surface area contributed by atoms with Gasteiger partial charge in [-0.15, -0.1) is 0 Å². The number of amides is 1. The zero-order valence-electron chi connectivity index (χ0n) is 10.1. The molecule has 1 unspecified atom stereocenters. The molecule has 1 saturated carbocycles. The first-order chi connectivity index (χ1) is 8.25. The van der Waals surface area contributed by atoms with Gasteiger partial charge >= 0.3 is 0 Å². The van der Waals surface area contributed by atoms with Gasteiger partial charge in [0.05, 0.1) is 6.04 Å². The maximum atomic E-state index is 11.4. The van der Waals surface area contributed by atoms with Gasteiger partial charge < -0.3 is 11.1 Å². The van der Waals surface area contributed by atoms with Crippen molar-refractivity contribution in [3.8, 4) is 0 Å². The third-order valence-corrected chi connectivity index (χ3v) is 3.29. The van der Waals surface area contributed by atoms with Crippen LogP contribution in [0.2, 0.25) is 0 Å². The molecule has 6 heteroatoms. The summed E-state index contributed by atoms with van der Waals surface area (Å²) in [5.41, 5.74) is 13.6. The standard InChI is InChI=1S/C11H21N5O/c12-11(17)10(9-5-2-1-3-6-9)14-7-4-8-15-16-13/h9-10,14H,1-8H2,(H2,12,17). The fourth-order valence-corrected chi connectivity index (χ4v) is 2.42. The molecule has 0 aromatic carbocycles. The van der Waals surface area contributed by atoms with E-state index in [1.807, 2.05) is 0 Å². The second kappa shape index (κ2) is 7.92. The molecular weight excluding hydrogens is 218 g/mol. The number of hydrogen-bond acceptors (Lipinski definition) is 3. The molecule has 1 atom stereocenters. The third-order valence-electron chi connectivity index (χ3n) is 3.29. The van der Waals surface area contributed by atoms with E-state index in [0.29, 0.717) is 19.0 Å². The normalized spacial score (nSPS) is 18.4. The Balaban J connectivity index is 2.32. The Morgan fingerprint density at radius 2 is 2.18 bits per heavy atom. The highest BCUT2D eigenvalue weighted by molar-refractivity contribution is 5.80. The summed E-state index contributed by atoms with van der Waals surface area (Å²) in [4.78, 5) is 14.1. The molecule has 0 radical (unpaired) electrons. The lowest BCUT2D eigenvalue weighted by Crippen LogP contribution is -2.47. The average Bonchev–Trinajstić information content (AvgIpc) is 2.34. The summed E-state index contributed by atoms with van der Waals surface area (Å²) in [6.07, 6.45) is 6.54. The number of carbonyl (C=O) groups excluding carboxylic acids is 1. The van der Waals surface area contributed by atoms with E-state index in [9.17, 15) is 4.79 Å². The van der Waals surface area contributed by atoms with E-state index in [1.54, 1.807) is 0 Å². The number of nitrogens with zero attached hydrogens (tertiary/aromatic N) is 3. The molecule has 1 fully saturated rings. The smallest absolute Gasteiger partial charge is 0.234 e. The highest BCUT2D eigenvalue weighted by Gasteiger charge is 2.26. The van der Waals surface area contributed by atoms with Crippen molar-refractivity contribution in [1.82, 2.24) is 5.32 Å². The Morgan fingerprint density at radius 1 is 1.47 bits per heavy atom. The van der Waals surface area contributed by atoms with Crippen LogP contribution in [0.25, 0.3) is 10.4 Å². The molecule has 96 valence electrons. The van der Waals surface area contributed by atoms with Gasteiger partial charge in [0.15, 0.2) is 0 Å². The van der Waals surface area contributed by atoms with E-state index in [0.717, 1.165) is 19.3 Å². The molecule has 0 aromatic heterocycles. The van der Waals surface area contributed by atoms with Gasteiger partial charge in [-0.1, -0.05) is 24.4 Å². The number of nitrogens with two attached hydrogens (primary N) is 1. The minimum atomic E-state index is -0.263. The van der Waals surface area contributed by atoms with Crippen LogP contribution in [0.5, 0.6) is 0 Å². The molecule has 0 aliphatic heterocycles. The summed E-state index contributed by atoms with van der Waals surface area (Å²) < 4.78 is 0. The van der Waals surface area contributed by atoms with Gasteiger partial charge in [0.2, 0.25) is 5.91 Å². The van der Waals surface area contributed by atoms with Crippen molar-refractivity contribution >= 4 is 5.91 Å². The number of azide groups is 1. The molecule has 1 aliphatic rings. The second-order valence-corrected chi connectivity index (χ2v) is 4.54. The van der Waals surface area contributed by atoms with Crippen molar-refractivity contribution in [2.45, 2.75) is 44.6 Å². The molecule has 1 aliphatic carbocycles. The van der Waals surface area contributed by atoms with Crippen molar-refractivity contribution in [3.63, 3.8) is 0 Å². The molecule has 0 saturated heterocycles. The molecule has 1 rings (SSSR count). The average molecular weight is 239 g/mol. The van der Waals surface area contributed by atoms with Gasteiger partial charge in [-0.25, -0.2) is 0 Å². The van der Waals surface area contributed by atoms with Gasteiger partial charge in [-0.3, -0.25) is 4.79 Å². The van der Waals surface area contributed by atoms with E-state index in [2.05, 4.69) is 15.3 Å². The topological polar surface area (TPSA) is 104 Å². The summed E-state index contributed by atoms with van der Waals surface area (Å²) in [7, 11) is 0. The SMILES string of the molecule is [N-]=[N+]=NCCCNC(C(N)=O)C1CCCCC1. The molecule has 1 amide bonds. The van der Waals surface area contributed by atoms with E-state index in [-0.39, 0.29) is 11.9 Å². The zero-order valence-corrected chi connectivity index (χ0v) is 10.1. The first kappa shape index (κ1) is 13.8. The number of nitrogens with one attached hydrogen (secondary N) is 1. The van der Waals surface area contributed by atoms with E-state index < -0.39 is 0 Å². The van der Waals surface area contributed by atoms with Crippen LogP contribution in [-0.4, -0.2) is 25.0 Å². The third kappa shape index (κ3) is 5.06. The van der Waals surface area contributed by atoms with Crippen molar-refractivity contribution in [2.75, 3.05) is 13.1 Å². The predicted molar refractivity (Wildman–Crippen MR) is 66.2 cm³/mol. The van der Waals surface area contributed by atoms with Crippen LogP contribution in [0.15, 0.2) is 5.11 Å². The minimum absolute atomic E-state index is 0.221. The Hall–Kier alpha value is -1.26. The summed E-state index contributed by atoms with van der Waals surface area (Å²) in [6.45, 7) is 1.13. The molecule has 17 heavy (non-hydrogen) atoms. The lowest BCUT2D eigenvalue weighted by atomic mass is 9.83. The summed E-state index contributed by atoms with van der Waals surface area (Å²) in [5, 5.41) is 6.64. The number of carbonyl (C=O) groups is 1. The van der Waals surface area contributed by atoms with Crippen LogP contribution in [-0.2, 0) is 4.79 Å². The lowest BCUT2D eigenvalue weighted by molar-refractivity contribution is -0.121. The fourth-order valence-electron chi connectivity index (χ4n) is 2.42. The van der Waals surface area contributed by atoms with Crippen LogP contribution in [0, 0.1) is 5.92 Å². The Bertz CT molecular complexity index is 282. The van der Waals surface area contributed by atoms with Crippen LogP contribution in [0.3, 0.4) is 0 Å². The highest BCUT2D eigenvalue weighted by Crippen LogP contribution is 2.26. The number of rotatable bonds is 7. The first-order valence-electron chi connectivity index (χ1n) is 6.29. The molecule has 0 heterocycles. The quantitative estimate of drug-likeness (QED) is 0.305. The molecule has 6 nitrogen and oxygen atoms in total. The van der Waals surface area contributed by atoms with E-state index >= 15 is 0 Å². The predicted octanol–water partition coefficient (Wildman–Crippen LogP) is 1.71. The van der Waals surface area contributed by atoms with Crippen LogP contribution in [0.4, 0.5) is 0 Å². The zero-order chi connectivity index (χ0) is 12.5. The fraction of sp³-hybridized carbons (Fsp3) is 0.909. The van der Waals surface area contributed by atoms with E-state index in [1.165, 1.54) is 19.3 Å². The maximum absolute atomic E-state index is 11.4. The monoisotopic (exact) mass is 239 g/mol. The molecular formula is C11H21N5O. The summed E-state index contributed by atoms with van der Waals surface area (Å²) in [6, 6.07) is -0.221. The maximum Gasteiger partial charge on any atom is 0.234 e. The van der Waals surface area contributed by atoms with Gasteiger partial charge in [-0.2, -0.15) is 0 Å². The molecule has 0 aromatic rings. The largest absolute Gasteiger partial charge is 0.368 e. The van der Waals surface area contributed by atoms with Crippen molar-refractivity contribution in [1.29, 1.82) is 0 Å². The van der Waals surface area contributed by atoms with Gasteiger partial charge in [0.25, 0.3) is 0 Å². The van der Waals surface area contributed by atoms with Crippen molar-refractivity contribution < 1.29 is 4.79 Å². The summed E-state index contributed by atoms with van der Waals surface area (Å²) in [5.74, 6) is 0.112. The lowest BCUT2D eigenvalue weighted by Gasteiger charge is -2.28. The number of primary amides is 1. The second-order valence-electron chi connectivity index (χ2n) is 4.54. The first-order valence-corrected chi connectivity index (χ1v) is 6.29. The molecule has 0 bridgehead atoms. The molecule has 0 spiro atoms. The van der Waals surface area contributed by atoms with Crippen molar-refractivity contribution in [2.24, 2.45) is 16.8 Å². The van der Waals surface area contributed by atoms with Crippen LogP contribution in [0.1, 0.15) is 38.5 Å². The van der Waals surface area contributed by atoms with E-state index in [4.69, 9.17) is 11.3 Å². The Labute approximate surface area is 102 Å². The van der Waals surface area contributed by atoms with Gasteiger partial charge in [0.1, 0.15) is 0 Å². The van der Waals surface area contributed by atoms with Crippen LogP contribution >= 0.6 is 0 Å². The van der Waals surface area contributed by atoms with Crippen LogP contribution < -0.4 is 11.1 Å². The van der Waals surface area contributed by atoms with Crippen molar-refractivity contribution in [3.05, 3.63) is 10.4 Å². The van der Waals surface area contributed by atoms with Gasteiger partial charge in [0, 0.05) is 11.5 Å². The minimum Gasteiger partial charge on any atom is -0.368 e.